The minimum absolute atomic E-state index is 0.201. The van der Waals surface area contributed by atoms with E-state index < -0.39 is 5.97 Å². The van der Waals surface area contributed by atoms with E-state index >= 15 is 0 Å². The van der Waals surface area contributed by atoms with Gasteiger partial charge in [-0.1, -0.05) is 18.2 Å². The Balaban J connectivity index is 1.52. The average molecular weight is 330 g/mol. The van der Waals surface area contributed by atoms with Crippen LogP contribution < -0.4 is 9.64 Å². The van der Waals surface area contributed by atoms with Gasteiger partial charge in [-0.15, -0.1) is 0 Å². The first-order valence-electron chi connectivity index (χ1n) is 7.81. The predicted molar refractivity (Wildman–Crippen MR) is 89.1 cm³/mol. The molecule has 1 saturated heterocycles. The SMILES string of the molecule is O=C(O)c1cccc(OCN2CCN(c3ccccc3F)CC2)c1. The van der Waals surface area contributed by atoms with Gasteiger partial charge in [0.2, 0.25) is 0 Å². The summed E-state index contributed by atoms with van der Waals surface area (Å²) in [7, 11) is 0. The molecule has 1 fully saturated rings. The van der Waals surface area contributed by atoms with E-state index in [0.717, 1.165) is 26.2 Å². The second-order valence-electron chi connectivity index (χ2n) is 5.66. The van der Waals surface area contributed by atoms with Gasteiger partial charge in [0.05, 0.1) is 11.3 Å². The highest BCUT2D eigenvalue weighted by molar-refractivity contribution is 5.87. The van der Waals surface area contributed by atoms with Gasteiger partial charge in [0.25, 0.3) is 0 Å². The van der Waals surface area contributed by atoms with E-state index in [2.05, 4.69) is 4.90 Å². The van der Waals surface area contributed by atoms with E-state index in [0.29, 0.717) is 18.2 Å². The van der Waals surface area contributed by atoms with Gasteiger partial charge in [-0.25, -0.2) is 9.18 Å². The number of carboxylic acids is 1. The van der Waals surface area contributed by atoms with E-state index in [9.17, 15) is 9.18 Å². The summed E-state index contributed by atoms with van der Waals surface area (Å²) in [4.78, 5) is 15.1. The zero-order chi connectivity index (χ0) is 16.9. The Hall–Kier alpha value is -2.60. The topological polar surface area (TPSA) is 53.0 Å². The molecule has 0 radical (unpaired) electrons. The van der Waals surface area contributed by atoms with Gasteiger partial charge >= 0.3 is 5.97 Å². The Morgan fingerprint density at radius 1 is 1.08 bits per heavy atom. The Bertz CT molecular complexity index is 715. The number of rotatable bonds is 5. The third-order valence-electron chi connectivity index (χ3n) is 4.06. The fourth-order valence-electron chi connectivity index (χ4n) is 2.71. The number of piperazine rings is 1. The monoisotopic (exact) mass is 330 g/mol. The highest BCUT2D eigenvalue weighted by Crippen LogP contribution is 2.20. The van der Waals surface area contributed by atoms with Crippen LogP contribution in [-0.2, 0) is 0 Å². The summed E-state index contributed by atoms with van der Waals surface area (Å²) in [5.41, 5.74) is 0.837. The first kappa shape index (κ1) is 16.3. The maximum Gasteiger partial charge on any atom is 0.335 e. The number of nitrogens with zero attached hydrogens (tertiary/aromatic N) is 2. The molecule has 0 unspecified atom stereocenters. The first-order valence-corrected chi connectivity index (χ1v) is 7.81. The lowest BCUT2D eigenvalue weighted by atomic mass is 10.2. The molecule has 0 aromatic heterocycles. The van der Waals surface area contributed by atoms with Crippen molar-refractivity contribution in [3.63, 3.8) is 0 Å². The van der Waals surface area contributed by atoms with Gasteiger partial charge < -0.3 is 14.7 Å². The molecule has 0 atom stereocenters. The maximum atomic E-state index is 13.8. The largest absolute Gasteiger partial charge is 0.478 e. The Morgan fingerprint density at radius 2 is 1.83 bits per heavy atom. The molecule has 126 valence electrons. The molecule has 1 aliphatic heterocycles. The molecule has 0 bridgehead atoms. The van der Waals surface area contributed by atoms with Gasteiger partial charge in [-0.3, -0.25) is 4.90 Å². The summed E-state index contributed by atoms with van der Waals surface area (Å²) in [6.07, 6.45) is 0. The van der Waals surface area contributed by atoms with Crippen molar-refractivity contribution in [1.29, 1.82) is 0 Å². The quantitative estimate of drug-likeness (QED) is 0.913. The molecule has 0 saturated carbocycles. The van der Waals surface area contributed by atoms with Crippen LogP contribution in [0.2, 0.25) is 0 Å². The maximum absolute atomic E-state index is 13.8. The van der Waals surface area contributed by atoms with Gasteiger partial charge in [-0.2, -0.15) is 0 Å². The fourth-order valence-corrected chi connectivity index (χ4v) is 2.71. The second kappa shape index (κ2) is 7.31. The Kier molecular flexibility index (Phi) is 4.96. The minimum atomic E-state index is -0.973. The number of hydrogen-bond acceptors (Lipinski definition) is 4. The zero-order valence-electron chi connectivity index (χ0n) is 13.2. The average Bonchev–Trinajstić information content (AvgIpc) is 2.61. The van der Waals surface area contributed by atoms with Crippen LogP contribution in [0.5, 0.6) is 5.75 Å². The van der Waals surface area contributed by atoms with E-state index in [1.807, 2.05) is 11.0 Å². The highest BCUT2D eigenvalue weighted by Gasteiger charge is 2.19. The summed E-state index contributed by atoms with van der Waals surface area (Å²) >= 11 is 0. The second-order valence-corrected chi connectivity index (χ2v) is 5.66. The zero-order valence-corrected chi connectivity index (χ0v) is 13.2. The minimum Gasteiger partial charge on any atom is -0.478 e. The molecule has 0 spiro atoms. The summed E-state index contributed by atoms with van der Waals surface area (Å²) in [5, 5.41) is 8.98. The summed E-state index contributed by atoms with van der Waals surface area (Å²) < 4.78 is 19.5. The van der Waals surface area contributed by atoms with Crippen molar-refractivity contribution >= 4 is 11.7 Å². The van der Waals surface area contributed by atoms with Crippen LogP contribution in [0.4, 0.5) is 10.1 Å². The van der Waals surface area contributed by atoms with Crippen molar-refractivity contribution in [2.45, 2.75) is 0 Å². The van der Waals surface area contributed by atoms with E-state index in [-0.39, 0.29) is 11.4 Å². The molecule has 0 amide bonds. The van der Waals surface area contributed by atoms with Crippen LogP contribution in [0.25, 0.3) is 0 Å². The number of benzene rings is 2. The van der Waals surface area contributed by atoms with Crippen molar-refractivity contribution < 1.29 is 19.0 Å². The normalized spacial score (nSPS) is 15.3. The van der Waals surface area contributed by atoms with E-state index in [4.69, 9.17) is 9.84 Å². The van der Waals surface area contributed by atoms with Crippen LogP contribution in [-0.4, -0.2) is 48.9 Å². The predicted octanol–water partition coefficient (Wildman–Crippen LogP) is 2.68. The number of hydrogen-bond donors (Lipinski definition) is 1. The van der Waals surface area contributed by atoms with Crippen LogP contribution in [0.3, 0.4) is 0 Å². The van der Waals surface area contributed by atoms with Crippen LogP contribution >= 0.6 is 0 Å². The van der Waals surface area contributed by atoms with E-state index in [1.165, 1.54) is 18.2 Å². The molecular weight excluding hydrogens is 311 g/mol. The number of anilines is 1. The third kappa shape index (κ3) is 3.83. The van der Waals surface area contributed by atoms with Crippen molar-refractivity contribution in [2.75, 3.05) is 37.8 Å². The molecule has 0 aliphatic carbocycles. The van der Waals surface area contributed by atoms with Gasteiger partial charge in [-0.05, 0) is 30.3 Å². The molecule has 24 heavy (non-hydrogen) atoms. The standard InChI is InChI=1S/C18H19FN2O3/c19-16-6-1-2-7-17(16)21-10-8-20(9-11-21)13-24-15-5-3-4-14(12-15)18(22)23/h1-7,12H,8-11,13H2,(H,22,23). The summed E-state index contributed by atoms with van der Waals surface area (Å²) in [6, 6.07) is 13.2. The molecule has 1 aliphatic rings. The number of carbonyl (C=O) groups is 1. The Morgan fingerprint density at radius 3 is 2.54 bits per heavy atom. The van der Waals surface area contributed by atoms with Crippen molar-refractivity contribution in [3.05, 3.63) is 59.9 Å². The number of para-hydroxylation sites is 1. The number of carboxylic acid groups (broad SMARTS) is 1. The summed E-state index contributed by atoms with van der Waals surface area (Å²) in [5.74, 6) is -0.641. The molecule has 5 nitrogen and oxygen atoms in total. The lowest BCUT2D eigenvalue weighted by molar-refractivity contribution is 0.0695. The lowest BCUT2D eigenvalue weighted by Crippen LogP contribution is -2.47. The Labute approximate surface area is 139 Å². The van der Waals surface area contributed by atoms with Gasteiger partial charge in [0, 0.05) is 26.2 Å². The van der Waals surface area contributed by atoms with Crippen molar-refractivity contribution in [1.82, 2.24) is 4.90 Å². The van der Waals surface area contributed by atoms with Crippen molar-refractivity contribution in [3.8, 4) is 5.75 Å². The molecule has 2 aromatic carbocycles. The molecular formula is C18H19FN2O3. The van der Waals surface area contributed by atoms with Crippen molar-refractivity contribution in [2.24, 2.45) is 0 Å². The molecule has 1 N–H and O–H groups in total. The third-order valence-corrected chi connectivity index (χ3v) is 4.06. The van der Waals surface area contributed by atoms with Crippen LogP contribution in [0, 0.1) is 5.82 Å². The first-order chi connectivity index (χ1) is 11.6. The highest BCUT2D eigenvalue weighted by atomic mass is 19.1. The number of halogens is 1. The van der Waals surface area contributed by atoms with Gasteiger partial charge in [0.1, 0.15) is 18.3 Å². The number of ether oxygens (including phenoxy) is 1. The molecule has 2 aromatic rings. The molecule has 3 rings (SSSR count). The van der Waals surface area contributed by atoms with Crippen LogP contribution in [0.15, 0.2) is 48.5 Å². The van der Waals surface area contributed by atoms with Crippen LogP contribution in [0.1, 0.15) is 10.4 Å². The lowest BCUT2D eigenvalue weighted by Gasteiger charge is -2.35. The summed E-state index contributed by atoms with van der Waals surface area (Å²) in [6.45, 7) is 3.34. The number of aromatic carboxylic acids is 1. The smallest absolute Gasteiger partial charge is 0.335 e. The molecule has 6 heteroatoms. The van der Waals surface area contributed by atoms with Gasteiger partial charge in [0.15, 0.2) is 0 Å². The van der Waals surface area contributed by atoms with E-state index in [1.54, 1.807) is 24.3 Å². The molecule has 1 heterocycles. The fraction of sp³-hybridized carbons (Fsp3) is 0.278.